The quantitative estimate of drug-likeness (QED) is 0.900. The molecule has 4 nitrogen and oxygen atoms in total. The predicted molar refractivity (Wildman–Crippen MR) is 78.5 cm³/mol. The molecule has 2 rings (SSSR count). The molecule has 0 unspecified atom stereocenters. The molecule has 0 spiro atoms. The summed E-state index contributed by atoms with van der Waals surface area (Å²) < 4.78 is 5.17. The highest BCUT2D eigenvalue weighted by Gasteiger charge is 2.09. The summed E-state index contributed by atoms with van der Waals surface area (Å²) in [4.78, 5) is 12.1. The molecule has 0 saturated heterocycles. The Labute approximate surface area is 118 Å². The van der Waals surface area contributed by atoms with Crippen LogP contribution >= 0.6 is 0 Å². The van der Waals surface area contributed by atoms with E-state index in [-0.39, 0.29) is 11.7 Å². The van der Waals surface area contributed by atoms with Crippen molar-refractivity contribution in [1.82, 2.24) is 0 Å². The minimum Gasteiger partial charge on any atom is -0.508 e. The Bertz CT molecular complexity index is 650. The topological polar surface area (TPSA) is 58.6 Å². The molecule has 0 aliphatic heterocycles. The molecule has 0 aliphatic rings. The van der Waals surface area contributed by atoms with Crippen LogP contribution in [0.25, 0.3) is 0 Å². The Morgan fingerprint density at radius 2 is 1.85 bits per heavy atom. The van der Waals surface area contributed by atoms with Crippen molar-refractivity contribution >= 4 is 11.6 Å². The highest BCUT2D eigenvalue weighted by atomic mass is 16.5. The number of anilines is 1. The van der Waals surface area contributed by atoms with Crippen LogP contribution in [0, 0.1) is 13.8 Å². The summed E-state index contributed by atoms with van der Waals surface area (Å²) in [6, 6.07) is 10.3. The molecule has 20 heavy (non-hydrogen) atoms. The fraction of sp³-hybridized carbons (Fsp3) is 0.188. The number of phenolic OH excluding ortho intramolecular Hbond substituents is 1. The van der Waals surface area contributed by atoms with Crippen LogP contribution in [0.1, 0.15) is 21.5 Å². The fourth-order valence-corrected chi connectivity index (χ4v) is 1.91. The molecule has 4 heteroatoms. The number of hydrogen-bond acceptors (Lipinski definition) is 3. The first-order chi connectivity index (χ1) is 9.51. The van der Waals surface area contributed by atoms with E-state index >= 15 is 0 Å². The molecule has 0 bridgehead atoms. The Hall–Kier alpha value is -2.49. The number of aryl methyl sites for hydroxylation is 2. The van der Waals surface area contributed by atoms with Gasteiger partial charge in [0, 0.05) is 11.3 Å². The summed E-state index contributed by atoms with van der Waals surface area (Å²) >= 11 is 0. The second kappa shape index (κ2) is 5.65. The van der Waals surface area contributed by atoms with E-state index in [0.29, 0.717) is 11.3 Å². The third kappa shape index (κ3) is 2.91. The summed E-state index contributed by atoms with van der Waals surface area (Å²) in [7, 11) is 1.61. The first-order valence-electron chi connectivity index (χ1n) is 6.27. The van der Waals surface area contributed by atoms with E-state index in [1.54, 1.807) is 38.3 Å². The number of benzene rings is 2. The number of rotatable bonds is 3. The van der Waals surface area contributed by atoms with Crippen molar-refractivity contribution in [2.24, 2.45) is 0 Å². The van der Waals surface area contributed by atoms with E-state index < -0.39 is 0 Å². The Balaban J connectivity index is 2.19. The molecule has 0 aliphatic carbocycles. The van der Waals surface area contributed by atoms with Gasteiger partial charge in [-0.2, -0.15) is 0 Å². The molecule has 0 heterocycles. The molecule has 2 aromatic carbocycles. The monoisotopic (exact) mass is 271 g/mol. The van der Waals surface area contributed by atoms with Crippen LogP contribution in [0.15, 0.2) is 36.4 Å². The van der Waals surface area contributed by atoms with E-state index in [0.717, 1.165) is 16.9 Å². The zero-order valence-corrected chi connectivity index (χ0v) is 11.7. The number of methoxy groups -OCH3 is 1. The minimum absolute atomic E-state index is 0.114. The maximum atomic E-state index is 12.1. The average Bonchev–Trinajstić information content (AvgIpc) is 2.42. The van der Waals surface area contributed by atoms with Crippen molar-refractivity contribution in [3.8, 4) is 11.5 Å². The minimum atomic E-state index is -0.259. The highest BCUT2D eigenvalue weighted by molar-refractivity contribution is 6.04. The maximum Gasteiger partial charge on any atom is 0.255 e. The summed E-state index contributed by atoms with van der Waals surface area (Å²) in [6.45, 7) is 3.69. The predicted octanol–water partition coefficient (Wildman–Crippen LogP) is 3.27. The number of ether oxygens (including phenoxy) is 1. The Kier molecular flexibility index (Phi) is 3.94. The van der Waals surface area contributed by atoms with Crippen molar-refractivity contribution in [3.05, 3.63) is 53.1 Å². The van der Waals surface area contributed by atoms with Crippen LogP contribution in [0.3, 0.4) is 0 Å². The molecule has 1 amide bonds. The van der Waals surface area contributed by atoms with Crippen LogP contribution in [0.5, 0.6) is 11.5 Å². The standard InChI is InChI=1S/C16H17NO3/c1-10-4-5-12(9-14(10)18)16(19)17-13-6-7-15(20-3)11(2)8-13/h4-9,18H,1-3H3,(H,17,19). The lowest BCUT2D eigenvalue weighted by Gasteiger charge is -2.09. The normalized spacial score (nSPS) is 10.2. The lowest BCUT2D eigenvalue weighted by atomic mass is 10.1. The second-order valence-corrected chi connectivity index (χ2v) is 4.64. The van der Waals surface area contributed by atoms with Gasteiger partial charge in [-0.15, -0.1) is 0 Å². The molecule has 0 aromatic heterocycles. The van der Waals surface area contributed by atoms with E-state index in [9.17, 15) is 9.90 Å². The smallest absolute Gasteiger partial charge is 0.255 e. The van der Waals surface area contributed by atoms with E-state index in [4.69, 9.17) is 4.74 Å². The number of phenols is 1. The number of nitrogens with one attached hydrogen (secondary N) is 1. The molecule has 2 aromatic rings. The fourth-order valence-electron chi connectivity index (χ4n) is 1.91. The molecule has 104 valence electrons. The molecule has 0 radical (unpaired) electrons. The van der Waals surface area contributed by atoms with Crippen LogP contribution in [-0.2, 0) is 0 Å². The Morgan fingerprint density at radius 3 is 2.45 bits per heavy atom. The number of amides is 1. The lowest BCUT2D eigenvalue weighted by Crippen LogP contribution is -2.12. The van der Waals surface area contributed by atoms with Gasteiger partial charge >= 0.3 is 0 Å². The SMILES string of the molecule is COc1ccc(NC(=O)c2ccc(C)c(O)c2)cc1C. The third-order valence-electron chi connectivity index (χ3n) is 3.12. The van der Waals surface area contributed by atoms with Gasteiger partial charge in [0.05, 0.1) is 7.11 Å². The Morgan fingerprint density at radius 1 is 1.10 bits per heavy atom. The molecular weight excluding hydrogens is 254 g/mol. The maximum absolute atomic E-state index is 12.1. The summed E-state index contributed by atoms with van der Waals surface area (Å²) in [5, 5.41) is 12.4. The van der Waals surface area contributed by atoms with Crippen LogP contribution in [-0.4, -0.2) is 18.1 Å². The van der Waals surface area contributed by atoms with Crippen molar-refractivity contribution in [3.63, 3.8) is 0 Å². The molecule has 0 atom stereocenters. The lowest BCUT2D eigenvalue weighted by molar-refractivity contribution is 0.102. The highest BCUT2D eigenvalue weighted by Crippen LogP contribution is 2.23. The number of carbonyl (C=O) groups is 1. The van der Waals surface area contributed by atoms with Gasteiger partial charge in [-0.1, -0.05) is 6.07 Å². The van der Waals surface area contributed by atoms with Gasteiger partial charge in [-0.05, 0) is 55.3 Å². The van der Waals surface area contributed by atoms with Gasteiger partial charge in [0.2, 0.25) is 0 Å². The summed E-state index contributed by atoms with van der Waals surface area (Å²) in [5.74, 6) is 0.629. The largest absolute Gasteiger partial charge is 0.508 e. The molecule has 2 N–H and O–H groups in total. The zero-order valence-electron chi connectivity index (χ0n) is 11.7. The number of carbonyl (C=O) groups excluding carboxylic acids is 1. The van der Waals surface area contributed by atoms with Crippen molar-refractivity contribution < 1.29 is 14.6 Å². The van der Waals surface area contributed by atoms with E-state index in [2.05, 4.69) is 5.32 Å². The van der Waals surface area contributed by atoms with Crippen LogP contribution < -0.4 is 10.1 Å². The van der Waals surface area contributed by atoms with Crippen LogP contribution in [0.4, 0.5) is 5.69 Å². The summed E-state index contributed by atoms with van der Waals surface area (Å²) in [5.41, 5.74) is 2.79. The zero-order chi connectivity index (χ0) is 14.7. The van der Waals surface area contributed by atoms with Gasteiger partial charge in [0.1, 0.15) is 11.5 Å². The third-order valence-corrected chi connectivity index (χ3v) is 3.12. The molecule has 0 fully saturated rings. The van der Waals surface area contributed by atoms with Gasteiger partial charge < -0.3 is 15.2 Å². The van der Waals surface area contributed by atoms with Crippen LogP contribution in [0.2, 0.25) is 0 Å². The first-order valence-corrected chi connectivity index (χ1v) is 6.27. The van der Waals surface area contributed by atoms with Gasteiger partial charge in [-0.3, -0.25) is 4.79 Å². The van der Waals surface area contributed by atoms with Crippen molar-refractivity contribution in [1.29, 1.82) is 0 Å². The van der Waals surface area contributed by atoms with Gasteiger partial charge in [-0.25, -0.2) is 0 Å². The van der Waals surface area contributed by atoms with Crippen molar-refractivity contribution in [2.45, 2.75) is 13.8 Å². The summed E-state index contributed by atoms with van der Waals surface area (Å²) in [6.07, 6.45) is 0. The second-order valence-electron chi connectivity index (χ2n) is 4.64. The number of aromatic hydroxyl groups is 1. The number of hydrogen-bond donors (Lipinski definition) is 2. The van der Waals surface area contributed by atoms with E-state index in [1.165, 1.54) is 6.07 Å². The first kappa shape index (κ1) is 13.9. The van der Waals surface area contributed by atoms with Gasteiger partial charge in [0.15, 0.2) is 0 Å². The molecule has 0 saturated carbocycles. The average molecular weight is 271 g/mol. The molecular formula is C16H17NO3. The van der Waals surface area contributed by atoms with Gasteiger partial charge in [0.25, 0.3) is 5.91 Å². The van der Waals surface area contributed by atoms with Crippen molar-refractivity contribution in [2.75, 3.05) is 12.4 Å². The van der Waals surface area contributed by atoms with E-state index in [1.807, 2.05) is 13.0 Å².